The standard InChI is InChI=1S/C19H15ClFN3O/c20-15-4-1-13(2-5-15)11-23-19(25)14-3-10-18(22-12-14)24-17-8-6-16(21)7-9-17/h1-10,12H,11H2,(H,22,24)(H,23,25). The van der Waals surface area contributed by atoms with Crippen LogP contribution in [-0.4, -0.2) is 10.9 Å². The lowest BCUT2D eigenvalue weighted by Crippen LogP contribution is -2.22. The minimum absolute atomic E-state index is 0.212. The van der Waals surface area contributed by atoms with Crippen LogP contribution in [0.25, 0.3) is 0 Å². The van der Waals surface area contributed by atoms with Gasteiger partial charge in [0.15, 0.2) is 0 Å². The Bertz CT molecular complexity index is 849. The van der Waals surface area contributed by atoms with Crippen LogP contribution in [0.5, 0.6) is 0 Å². The molecule has 0 aliphatic rings. The molecule has 0 fully saturated rings. The van der Waals surface area contributed by atoms with E-state index in [2.05, 4.69) is 15.6 Å². The summed E-state index contributed by atoms with van der Waals surface area (Å²) in [4.78, 5) is 16.4. The molecule has 1 aromatic heterocycles. The summed E-state index contributed by atoms with van der Waals surface area (Å²) < 4.78 is 12.9. The monoisotopic (exact) mass is 355 g/mol. The van der Waals surface area contributed by atoms with Gasteiger partial charge in [0.05, 0.1) is 5.56 Å². The number of hydrogen-bond donors (Lipinski definition) is 2. The predicted octanol–water partition coefficient (Wildman–Crippen LogP) is 4.55. The first-order valence-corrected chi connectivity index (χ1v) is 7.99. The lowest BCUT2D eigenvalue weighted by atomic mass is 10.2. The number of amides is 1. The van der Waals surface area contributed by atoms with Gasteiger partial charge in [-0.05, 0) is 54.1 Å². The van der Waals surface area contributed by atoms with Crippen LogP contribution in [0.4, 0.5) is 15.9 Å². The third kappa shape index (κ3) is 4.78. The lowest BCUT2D eigenvalue weighted by molar-refractivity contribution is 0.0950. The quantitative estimate of drug-likeness (QED) is 0.706. The normalized spacial score (nSPS) is 10.3. The number of carbonyl (C=O) groups is 1. The fourth-order valence-electron chi connectivity index (χ4n) is 2.17. The van der Waals surface area contributed by atoms with Crippen molar-refractivity contribution in [3.63, 3.8) is 0 Å². The zero-order chi connectivity index (χ0) is 17.6. The number of nitrogens with zero attached hydrogens (tertiary/aromatic N) is 1. The van der Waals surface area contributed by atoms with Crippen molar-refractivity contribution in [2.45, 2.75) is 6.54 Å². The van der Waals surface area contributed by atoms with Gasteiger partial charge in [-0.3, -0.25) is 4.79 Å². The number of pyridine rings is 1. The summed E-state index contributed by atoms with van der Waals surface area (Å²) in [6.07, 6.45) is 1.49. The number of hydrogen-bond acceptors (Lipinski definition) is 3. The van der Waals surface area contributed by atoms with Gasteiger partial charge in [0.2, 0.25) is 0 Å². The fraction of sp³-hybridized carbons (Fsp3) is 0.0526. The van der Waals surface area contributed by atoms with Crippen LogP contribution in [-0.2, 0) is 6.54 Å². The van der Waals surface area contributed by atoms with Gasteiger partial charge in [0.25, 0.3) is 5.91 Å². The molecule has 2 N–H and O–H groups in total. The van der Waals surface area contributed by atoms with E-state index in [-0.39, 0.29) is 11.7 Å². The van der Waals surface area contributed by atoms with Crippen LogP contribution in [0.2, 0.25) is 5.02 Å². The minimum Gasteiger partial charge on any atom is -0.348 e. The third-order valence-corrected chi connectivity index (χ3v) is 3.76. The van der Waals surface area contributed by atoms with Crippen LogP contribution < -0.4 is 10.6 Å². The van der Waals surface area contributed by atoms with Crippen LogP contribution in [0, 0.1) is 5.82 Å². The Morgan fingerprint density at radius 3 is 2.36 bits per heavy atom. The number of halogens is 2. The van der Waals surface area contributed by atoms with E-state index in [0.29, 0.717) is 28.6 Å². The Morgan fingerprint density at radius 2 is 1.72 bits per heavy atom. The molecule has 2 aromatic carbocycles. The van der Waals surface area contributed by atoms with E-state index < -0.39 is 0 Å². The molecule has 126 valence electrons. The summed E-state index contributed by atoms with van der Waals surface area (Å²) in [5.74, 6) is 0.0582. The van der Waals surface area contributed by atoms with Crippen molar-refractivity contribution in [3.8, 4) is 0 Å². The topological polar surface area (TPSA) is 54.0 Å². The van der Waals surface area contributed by atoms with Crippen molar-refractivity contribution in [1.82, 2.24) is 10.3 Å². The van der Waals surface area contributed by atoms with Crippen molar-refractivity contribution in [2.75, 3.05) is 5.32 Å². The molecular weight excluding hydrogens is 341 g/mol. The molecule has 4 nitrogen and oxygen atoms in total. The van der Waals surface area contributed by atoms with E-state index >= 15 is 0 Å². The van der Waals surface area contributed by atoms with Gasteiger partial charge in [0.1, 0.15) is 11.6 Å². The average molecular weight is 356 g/mol. The van der Waals surface area contributed by atoms with Gasteiger partial charge in [-0.15, -0.1) is 0 Å². The van der Waals surface area contributed by atoms with Gasteiger partial charge in [-0.1, -0.05) is 23.7 Å². The highest BCUT2D eigenvalue weighted by Crippen LogP contribution is 2.15. The molecule has 0 spiro atoms. The zero-order valence-electron chi connectivity index (χ0n) is 13.2. The lowest BCUT2D eigenvalue weighted by Gasteiger charge is -2.08. The number of nitrogens with one attached hydrogen (secondary N) is 2. The molecular formula is C19H15ClFN3O. The molecule has 0 unspecified atom stereocenters. The maximum absolute atomic E-state index is 12.9. The summed E-state index contributed by atoms with van der Waals surface area (Å²) in [6.45, 7) is 0.408. The molecule has 0 bridgehead atoms. The molecule has 3 aromatic rings. The van der Waals surface area contributed by atoms with Gasteiger partial charge < -0.3 is 10.6 Å². The second-order valence-electron chi connectivity index (χ2n) is 5.37. The largest absolute Gasteiger partial charge is 0.348 e. The zero-order valence-corrected chi connectivity index (χ0v) is 13.9. The van der Waals surface area contributed by atoms with E-state index in [1.54, 1.807) is 36.4 Å². The molecule has 1 amide bonds. The maximum atomic E-state index is 12.9. The average Bonchev–Trinajstić information content (AvgIpc) is 2.63. The highest BCUT2D eigenvalue weighted by molar-refractivity contribution is 6.30. The van der Waals surface area contributed by atoms with Crippen molar-refractivity contribution in [1.29, 1.82) is 0 Å². The van der Waals surface area contributed by atoms with E-state index in [4.69, 9.17) is 11.6 Å². The first-order valence-electron chi connectivity index (χ1n) is 7.61. The first-order chi connectivity index (χ1) is 12.1. The van der Waals surface area contributed by atoms with E-state index in [1.807, 2.05) is 12.1 Å². The van der Waals surface area contributed by atoms with Crippen LogP contribution in [0.3, 0.4) is 0 Å². The summed E-state index contributed by atoms with van der Waals surface area (Å²) in [5.41, 5.74) is 2.13. The number of benzene rings is 2. The first kappa shape index (κ1) is 16.9. The highest BCUT2D eigenvalue weighted by atomic mass is 35.5. The highest BCUT2D eigenvalue weighted by Gasteiger charge is 2.06. The van der Waals surface area contributed by atoms with Gasteiger partial charge >= 0.3 is 0 Å². The summed E-state index contributed by atoms with van der Waals surface area (Å²) in [6, 6.07) is 16.6. The van der Waals surface area contributed by atoms with Crippen molar-refractivity contribution >= 4 is 29.0 Å². The predicted molar refractivity (Wildman–Crippen MR) is 96.5 cm³/mol. The third-order valence-electron chi connectivity index (χ3n) is 3.51. The Hall–Kier alpha value is -2.92. The van der Waals surface area contributed by atoms with Crippen molar-refractivity contribution in [2.24, 2.45) is 0 Å². The van der Waals surface area contributed by atoms with Crippen molar-refractivity contribution in [3.05, 3.63) is 88.8 Å². The van der Waals surface area contributed by atoms with E-state index in [0.717, 1.165) is 5.56 Å². The summed E-state index contributed by atoms with van der Waals surface area (Å²) >= 11 is 5.83. The smallest absolute Gasteiger partial charge is 0.253 e. The Kier molecular flexibility index (Phi) is 5.26. The second-order valence-corrected chi connectivity index (χ2v) is 5.81. The Labute approximate surface area is 149 Å². The molecule has 0 saturated heterocycles. The molecule has 1 heterocycles. The molecule has 6 heteroatoms. The van der Waals surface area contributed by atoms with Crippen LogP contribution >= 0.6 is 11.6 Å². The maximum Gasteiger partial charge on any atom is 0.253 e. The Morgan fingerprint density at radius 1 is 1.00 bits per heavy atom. The minimum atomic E-state index is -0.300. The van der Waals surface area contributed by atoms with Crippen LogP contribution in [0.15, 0.2) is 66.9 Å². The number of rotatable bonds is 5. The Balaban J connectivity index is 1.58. The van der Waals surface area contributed by atoms with E-state index in [9.17, 15) is 9.18 Å². The number of carbonyl (C=O) groups excluding carboxylic acids is 1. The molecule has 0 atom stereocenters. The summed E-state index contributed by atoms with van der Waals surface area (Å²) in [7, 11) is 0. The van der Waals surface area contributed by atoms with Gasteiger partial charge in [-0.2, -0.15) is 0 Å². The fourth-order valence-corrected chi connectivity index (χ4v) is 2.30. The molecule has 0 radical (unpaired) electrons. The second kappa shape index (κ2) is 7.77. The molecule has 0 saturated carbocycles. The summed E-state index contributed by atoms with van der Waals surface area (Å²) in [5, 5.41) is 6.52. The molecule has 25 heavy (non-hydrogen) atoms. The SMILES string of the molecule is O=C(NCc1ccc(Cl)cc1)c1ccc(Nc2ccc(F)cc2)nc1. The molecule has 0 aliphatic carbocycles. The molecule has 0 aliphatic heterocycles. The number of anilines is 2. The van der Waals surface area contributed by atoms with Gasteiger partial charge in [0, 0.05) is 23.5 Å². The van der Waals surface area contributed by atoms with Gasteiger partial charge in [-0.25, -0.2) is 9.37 Å². The van der Waals surface area contributed by atoms with Crippen molar-refractivity contribution < 1.29 is 9.18 Å². The number of aromatic nitrogens is 1. The van der Waals surface area contributed by atoms with Crippen LogP contribution in [0.1, 0.15) is 15.9 Å². The molecule has 3 rings (SSSR count). The van der Waals surface area contributed by atoms with E-state index in [1.165, 1.54) is 18.3 Å².